The van der Waals surface area contributed by atoms with Crippen LogP contribution in [0.4, 0.5) is 25.1 Å². The van der Waals surface area contributed by atoms with Crippen LogP contribution in [-0.2, 0) is 38.4 Å². The van der Waals surface area contributed by atoms with Crippen LogP contribution in [0.2, 0.25) is 0 Å². The molecule has 1 unspecified atom stereocenters. The third-order valence-corrected chi connectivity index (χ3v) is 20.6. The fraction of sp³-hybridized carbons (Fsp3) is 0.603. The molecule has 1 aliphatic carbocycles. The molecule has 10 N–H and O–H groups in total. The first-order valence-electron chi connectivity index (χ1n) is 34.1. The number of rotatable bonds is 31. The molecule has 0 bridgehead atoms. The fourth-order valence-corrected chi connectivity index (χ4v) is 14.9. The molecule has 4 aliphatic rings. The second kappa shape index (κ2) is 35.9. The largest absolute Gasteiger partial charge is 0.343 e. The van der Waals surface area contributed by atoms with Gasteiger partial charge in [-0.2, -0.15) is 0 Å². The lowest BCUT2D eigenvalue weighted by Gasteiger charge is -2.38. The Morgan fingerprint density at radius 1 is 0.521 bits per heavy atom. The molecule has 0 radical (unpaired) electrons. The van der Waals surface area contributed by atoms with Crippen LogP contribution in [0.1, 0.15) is 150 Å². The van der Waals surface area contributed by atoms with Crippen molar-refractivity contribution in [2.45, 2.75) is 192 Å². The van der Waals surface area contributed by atoms with Gasteiger partial charge >= 0.3 is 6.03 Å². The van der Waals surface area contributed by atoms with E-state index in [4.69, 9.17) is 4.98 Å². The summed E-state index contributed by atoms with van der Waals surface area (Å²) in [6.45, 7) is 12.4. The number of urea groups is 1. The van der Waals surface area contributed by atoms with Crippen LogP contribution in [0.25, 0.3) is 22.5 Å². The van der Waals surface area contributed by atoms with E-state index in [0.29, 0.717) is 135 Å². The highest BCUT2D eigenvalue weighted by atomic mass is 32.1. The molecule has 7 atom stereocenters. The molecule has 4 fully saturated rings. The van der Waals surface area contributed by atoms with Crippen LogP contribution in [-0.4, -0.2) is 174 Å². The number of hydrogen-bond donors (Lipinski definition) is 10. The topological polar surface area (TPSA) is 309 Å². The van der Waals surface area contributed by atoms with Crippen LogP contribution in [0.3, 0.4) is 0 Å². The Morgan fingerprint density at radius 2 is 0.947 bits per heavy atom. The Balaban J connectivity index is 0.763. The van der Waals surface area contributed by atoms with Crippen LogP contribution in [0, 0.1) is 17.8 Å². The van der Waals surface area contributed by atoms with Gasteiger partial charge in [-0.1, -0.05) is 110 Å². The second-order valence-electron chi connectivity index (χ2n) is 25.5. The second-order valence-corrected chi connectivity index (χ2v) is 27.5. The van der Waals surface area contributed by atoms with Gasteiger partial charge < -0.3 is 67.9 Å². The van der Waals surface area contributed by atoms with Crippen LogP contribution in [0.15, 0.2) is 60.7 Å². The Hall–Kier alpha value is -7.39. The molecule has 8 rings (SSSR count). The molecule has 2 aromatic carbocycles. The molecule has 3 saturated heterocycles. The molecule has 10 amide bonds. The Bertz CT molecular complexity index is 3190. The van der Waals surface area contributed by atoms with Gasteiger partial charge in [-0.15, -0.1) is 0 Å². The number of likely N-dealkylation sites (tertiary alicyclic amines) is 3. The molecular weight excluding hydrogens is 1230 g/mol. The van der Waals surface area contributed by atoms with Gasteiger partial charge in [0.25, 0.3) is 0 Å². The third-order valence-electron chi connectivity index (χ3n) is 18.9. The molecular formula is C68H99N15O9S2. The molecule has 24 nitrogen and oxygen atoms in total. The minimum Gasteiger partial charge on any atom is -0.343 e. The minimum atomic E-state index is -0.908. The molecule has 2 aromatic heterocycles. The highest BCUT2D eigenvalue weighted by Gasteiger charge is 2.45. The van der Waals surface area contributed by atoms with Crippen molar-refractivity contribution < 1.29 is 43.2 Å². The van der Waals surface area contributed by atoms with Crippen LogP contribution in [0.5, 0.6) is 0 Å². The number of thiazole rings is 2. The van der Waals surface area contributed by atoms with Crippen molar-refractivity contribution in [1.82, 2.24) is 56.6 Å². The van der Waals surface area contributed by atoms with E-state index in [1.54, 1.807) is 42.6 Å². The lowest BCUT2D eigenvalue weighted by Crippen LogP contribution is -2.59. The van der Waals surface area contributed by atoms with Crippen molar-refractivity contribution in [3.8, 4) is 22.5 Å². The lowest BCUT2D eigenvalue weighted by molar-refractivity contribution is -0.142. The quantitative estimate of drug-likeness (QED) is 0.0214. The Morgan fingerprint density at radius 3 is 1.38 bits per heavy atom. The number of aromatic nitrogens is 2. The van der Waals surface area contributed by atoms with Gasteiger partial charge in [-0.25, -0.2) is 14.8 Å². The van der Waals surface area contributed by atoms with E-state index in [1.807, 2.05) is 74.5 Å². The zero-order valence-corrected chi connectivity index (χ0v) is 57.4. The van der Waals surface area contributed by atoms with Crippen LogP contribution >= 0.6 is 22.7 Å². The summed E-state index contributed by atoms with van der Waals surface area (Å²) in [5.41, 5.74) is 2.58. The first-order valence-corrected chi connectivity index (χ1v) is 35.7. The van der Waals surface area contributed by atoms with E-state index < -0.39 is 36.3 Å². The van der Waals surface area contributed by atoms with Crippen molar-refractivity contribution in [3.63, 3.8) is 0 Å². The van der Waals surface area contributed by atoms with E-state index in [9.17, 15) is 43.2 Å². The number of carbonyl (C=O) groups is 9. The predicted molar refractivity (Wildman–Crippen MR) is 369 cm³/mol. The Kier molecular flexibility index (Phi) is 27.7. The maximum Gasteiger partial charge on any atom is 0.317 e. The lowest BCUT2D eigenvalue weighted by atomic mass is 9.75. The van der Waals surface area contributed by atoms with Crippen LogP contribution < -0.4 is 53.2 Å². The molecule has 4 aromatic rings. The van der Waals surface area contributed by atoms with E-state index in [0.717, 1.165) is 80.4 Å². The number of carbonyl (C=O) groups excluding carboxylic acids is 9. The molecule has 26 heteroatoms. The van der Waals surface area contributed by atoms with Gasteiger partial charge in [-0.05, 0) is 149 Å². The van der Waals surface area contributed by atoms with Gasteiger partial charge in [0.05, 0.1) is 12.1 Å². The number of benzene rings is 2. The smallest absolute Gasteiger partial charge is 0.317 e. The third kappa shape index (κ3) is 19.6. The number of piperidine rings is 1. The Labute approximate surface area is 561 Å². The maximum absolute atomic E-state index is 14.8. The number of nitrogens with zero attached hydrogens (tertiary/aromatic N) is 5. The highest BCUT2D eigenvalue weighted by Crippen LogP contribution is 2.40. The summed E-state index contributed by atoms with van der Waals surface area (Å²) in [6, 6.07) is 14.6. The normalized spacial score (nSPS) is 19.9. The average Bonchev–Trinajstić information content (AvgIpc) is 1.57. The van der Waals surface area contributed by atoms with Crippen molar-refractivity contribution in [3.05, 3.63) is 60.7 Å². The van der Waals surface area contributed by atoms with E-state index in [1.165, 1.54) is 11.3 Å². The van der Waals surface area contributed by atoms with E-state index in [2.05, 4.69) is 65.1 Å². The number of likely N-dealkylation sites (N-methyl/N-ethyl adjacent to an activating group) is 2. The van der Waals surface area contributed by atoms with E-state index in [-0.39, 0.29) is 71.2 Å². The standard InChI is InChI=1S/C68H99N15O9S2/c1-8-22-52(84)73-66-77-54(46-24-14-12-15-25-46)62(93-66)79-60(88)50-28-20-38-82(50)64(90)56(75-58(86)43(4)69-6)48-32-30-45(31-33-48)42(3)71-36-18-10-11-19-37-72-68(92)81-40-34-49(35-41-81)57(76-59(87)44(5)70-7)65(91)83-39-21-29-51(83)61(89)80-63-55(47-26-16-13-17-27-47)78-67(94-63)74-53(85)23-9-2/h12-17,24-27,42-45,48-51,56-57,69-71H,8-11,18-23,28-41H2,1-7H3,(H,72,92)(H,75,86)(H,76,87)(H,79,88)(H,80,89)(H,73,77,84)(H,74,78,85)/t42?,43-,44-,45?,48?,50-,51-,56-,57-/m0/s1. The fourth-order valence-electron chi connectivity index (χ4n) is 13.1. The van der Waals surface area contributed by atoms with Crippen molar-refractivity contribution in [1.29, 1.82) is 0 Å². The molecule has 512 valence electrons. The number of unbranched alkanes of at least 4 members (excludes halogenated alkanes) is 3. The molecule has 94 heavy (non-hydrogen) atoms. The summed E-state index contributed by atoms with van der Waals surface area (Å²) < 4.78 is 0. The highest BCUT2D eigenvalue weighted by molar-refractivity contribution is 7.20. The zero-order chi connectivity index (χ0) is 67.3. The summed E-state index contributed by atoms with van der Waals surface area (Å²) in [5.74, 6) is -2.23. The maximum atomic E-state index is 14.8. The first kappa shape index (κ1) is 72.4. The summed E-state index contributed by atoms with van der Waals surface area (Å²) in [4.78, 5) is 138. The zero-order valence-electron chi connectivity index (χ0n) is 55.7. The average molecular weight is 1330 g/mol. The summed E-state index contributed by atoms with van der Waals surface area (Å²) >= 11 is 2.35. The van der Waals surface area contributed by atoms with Gasteiger partial charge in [0.2, 0.25) is 47.3 Å². The SMILES string of the molecule is CCCC(=O)Nc1nc(-c2ccccc2)c(NC(=O)[C@@H]2CCCN2C(=O)[C@@H](NC(=O)[C@H](C)NC)C2CCC(C(C)NCCCCCCNC(=O)N3CCC([C@H](NC(=O)[C@H](C)NC)C(=O)N4CCC[C@H]4C(=O)Nc4sc(NC(=O)CCC)nc4-c4ccccc4)CC3)CC2)s1. The predicted octanol–water partition coefficient (Wildman–Crippen LogP) is 7.92. The number of hydrogen-bond acceptors (Lipinski definition) is 16. The first-order chi connectivity index (χ1) is 45.4. The van der Waals surface area contributed by atoms with E-state index >= 15 is 0 Å². The van der Waals surface area contributed by atoms with Gasteiger partial charge in [0, 0.05) is 62.7 Å². The van der Waals surface area contributed by atoms with Crippen molar-refractivity contribution in [2.75, 3.05) is 74.6 Å². The van der Waals surface area contributed by atoms with Gasteiger partial charge in [0.1, 0.15) is 45.6 Å². The number of anilines is 4. The van der Waals surface area contributed by atoms with Crippen molar-refractivity contribution >= 4 is 96.2 Å². The van der Waals surface area contributed by atoms with Crippen molar-refractivity contribution in [2.24, 2.45) is 17.8 Å². The monoisotopic (exact) mass is 1330 g/mol. The molecule has 1 saturated carbocycles. The van der Waals surface area contributed by atoms with Gasteiger partial charge in [0.15, 0.2) is 10.3 Å². The summed E-state index contributed by atoms with van der Waals surface area (Å²) in [7, 11) is 3.38. The molecule has 5 heterocycles. The minimum absolute atomic E-state index is 0.109. The number of nitrogens with one attached hydrogen (secondary N) is 10. The molecule has 0 spiro atoms. The summed E-state index contributed by atoms with van der Waals surface area (Å²) in [5, 5.41) is 32.4. The summed E-state index contributed by atoms with van der Waals surface area (Å²) in [6.07, 6.45) is 12.1. The number of amides is 10. The molecule has 3 aliphatic heterocycles. The van der Waals surface area contributed by atoms with Gasteiger partial charge in [-0.3, -0.25) is 38.4 Å².